The monoisotopic (exact) mass is 263 g/mol. The topological polar surface area (TPSA) is 75.4 Å². The van der Waals surface area contributed by atoms with Gasteiger partial charge in [-0.1, -0.05) is 0 Å². The Balaban J connectivity index is 4.43. The van der Waals surface area contributed by atoms with Gasteiger partial charge in [0.05, 0.1) is 0 Å². The van der Waals surface area contributed by atoms with Gasteiger partial charge in [0, 0.05) is 13.1 Å². The molecule has 16 heavy (non-hydrogen) atoms. The quantitative estimate of drug-likeness (QED) is 0.711. The number of hydrogen-bond acceptors (Lipinski definition) is 3. The maximum absolute atomic E-state index is 11.8. The first-order valence-electron chi connectivity index (χ1n) is 4.59. The van der Waals surface area contributed by atoms with Crippen molar-refractivity contribution in [3.8, 4) is 0 Å². The highest BCUT2D eigenvalue weighted by atomic mass is 32.2. The Morgan fingerprint density at radius 2 is 1.94 bits per heavy atom. The number of alkyl halides is 3. The minimum absolute atomic E-state index is 0.264. The predicted octanol–water partition coefficient (Wildman–Crippen LogP) is 0.0522. The van der Waals surface area contributed by atoms with E-state index in [1.165, 1.54) is 11.8 Å². The van der Waals surface area contributed by atoms with E-state index in [-0.39, 0.29) is 6.54 Å². The van der Waals surface area contributed by atoms with Gasteiger partial charge in [0.25, 0.3) is 10.2 Å². The average Bonchev–Trinajstić information content (AvgIpc) is 2.13. The smallest absolute Gasteiger partial charge is 0.330 e. The molecular weight excluding hydrogens is 247 g/mol. The summed E-state index contributed by atoms with van der Waals surface area (Å²) in [4.78, 5) is 0. The molecule has 0 spiro atoms. The zero-order chi connectivity index (χ0) is 13.0. The molecule has 0 aromatic carbocycles. The molecule has 0 saturated heterocycles. The second-order valence-corrected chi connectivity index (χ2v) is 5.20. The van der Waals surface area contributed by atoms with E-state index in [9.17, 15) is 21.6 Å². The summed E-state index contributed by atoms with van der Waals surface area (Å²) in [5.74, 6) is 0. The number of nitrogens with zero attached hydrogens (tertiary/aromatic N) is 1. The molecule has 0 radical (unpaired) electrons. The maximum atomic E-state index is 11.8. The normalized spacial score (nSPS) is 15.4. The zero-order valence-corrected chi connectivity index (χ0v) is 9.90. The number of halogens is 3. The highest BCUT2D eigenvalue weighted by Crippen LogP contribution is 2.14. The SMILES string of the molecule is CC(CCN)N(C)S(=O)(=O)NCC(F)(F)F. The van der Waals surface area contributed by atoms with Gasteiger partial charge in [0.2, 0.25) is 0 Å². The lowest BCUT2D eigenvalue weighted by Gasteiger charge is -2.24. The second kappa shape index (κ2) is 5.80. The van der Waals surface area contributed by atoms with E-state index in [2.05, 4.69) is 0 Å². The Morgan fingerprint density at radius 1 is 1.44 bits per heavy atom. The molecule has 0 rings (SSSR count). The molecule has 0 aromatic heterocycles. The first-order valence-corrected chi connectivity index (χ1v) is 6.03. The van der Waals surface area contributed by atoms with Crippen LogP contribution in [0.25, 0.3) is 0 Å². The molecule has 0 saturated carbocycles. The summed E-state index contributed by atoms with van der Waals surface area (Å²) in [6.07, 6.45) is -4.19. The number of rotatable bonds is 6. The van der Waals surface area contributed by atoms with Crippen molar-refractivity contribution in [2.75, 3.05) is 20.1 Å². The van der Waals surface area contributed by atoms with Crippen LogP contribution in [-0.4, -0.2) is 45.1 Å². The van der Waals surface area contributed by atoms with Crippen LogP contribution in [0.5, 0.6) is 0 Å². The van der Waals surface area contributed by atoms with Crippen LogP contribution in [0.15, 0.2) is 0 Å². The fraction of sp³-hybridized carbons (Fsp3) is 1.00. The van der Waals surface area contributed by atoms with Gasteiger partial charge < -0.3 is 5.73 Å². The van der Waals surface area contributed by atoms with Gasteiger partial charge in [-0.25, -0.2) is 0 Å². The molecule has 9 heteroatoms. The van der Waals surface area contributed by atoms with Gasteiger partial charge in [-0.2, -0.15) is 30.6 Å². The van der Waals surface area contributed by atoms with E-state index >= 15 is 0 Å². The lowest BCUT2D eigenvalue weighted by atomic mass is 10.2. The lowest BCUT2D eigenvalue weighted by Crippen LogP contribution is -2.46. The van der Waals surface area contributed by atoms with Crippen LogP contribution in [0.4, 0.5) is 13.2 Å². The van der Waals surface area contributed by atoms with E-state index in [0.29, 0.717) is 6.42 Å². The summed E-state index contributed by atoms with van der Waals surface area (Å²) >= 11 is 0. The summed E-state index contributed by atoms with van der Waals surface area (Å²) < 4.78 is 60.5. The van der Waals surface area contributed by atoms with Crippen LogP contribution in [0.2, 0.25) is 0 Å². The van der Waals surface area contributed by atoms with Gasteiger partial charge in [0.15, 0.2) is 0 Å². The van der Waals surface area contributed by atoms with E-state index in [4.69, 9.17) is 5.73 Å². The van der Waals surface area contributed by atoms with Gasteiger partial charge in [0.1, 0.15) is 6.54 Å². The van der Waals surface area contributed by atoms with E-state index in [1.54, 1.807) is 6.92 Å². The molecular formula is C7H16F3N3O2S. The Labute approximate surface area is 93.0 Å². The minimum Gasteiger partial charge on any atom is -0.330 e. The third-order valence-corrected chi connectivity index (χ3v) is 3.67. The zero-order valence-electron chi connectivity index (χ0n) is 9.08. The Morgan fingerprint density at radius 3 is 2.31 bits per heavy atom. The predicted molar refractivity (Wildman–Crippen MR) is 53.9 cm³/mol. The summed E-state index contributed by atoms with van der Waals surface area (Å²) in [7, 11) is -2.90. The fourth-order valence-corrected chi connectivity index (χ4v) is 2.06. The molecule has 0 bridgehead atoms. The summed E-state index contributed by atoms with van der Waals surface area (Å²) in [6.45, 7) is 0.259. The van der Waals surface area contributed by atoms with Crippen molar-refractivity contribution in [1.82, 2.24) is 9.03 Å². The fourth-order valence-electron chi connectivity index (χ4n) is 0.935. The average molecular weight is 263 g/mol. The molecule has 0 heterocycles. The van der Waals surface area contributed by atoms with Gasteiger partial charge in [-0.15, -0.1) is 0 Å². The lowest BCUT2D eigenvalue weighted by molar-refractivity contribution is -0.121. The van der Waals surface area contributed by atoms with Crippen molar-refractivity contribution in [2.24, 2.45) is 5.73 Å². The molecule has 0 aliphatic carbocycles. The molecule has 0 aliphatic rings. The third-order valence-electron chi connectivity index (χ3n) is 2.04. The number of nitrogens with one attached hydrogen (secondary N) is 1. The first kappa shape index (κ1) is 15.6. The molecule has 98 valence electrons. The van der Waals surface area contributed by atoms with Gasteiger partial charge in [-0.3, -0.25) is 0 Å². The van der Waals surface area contributed by atoms with Crippen LogP contribution in [0, 0.1) is 0 Å². The van der Waals surface area contributed by atoms with E-state index in [0.717, 1.165) is 4.31 Å². The van der Waals surface area contributed by atoms with E-state index in [1.807, 2.05) is 0 Å². The van der Waals surface area contributed by atoms with Crippen molar-refractivity contribution in [2.45, 2.75) is 25.6 Å². The highest BCUT2D eigenvalue weighted by molar-refractivity contribution is 7.87. The summed E-state index contributed by atoms with van der Waals surface area (Å²) in [5.41, 5.74) is 5.23. The van der Waals surface area contributed by atoms with E-state index < -0.39 is 29.0 Å². The van der Waals surface area contributed by atoms with Gasteiger partial charge in [-0.05, 0) is 19.9 Å². The van der Waals surface area contributed by atoms with Crippen LogP contribution in [-0.2, 0) is 10.2 Å². The second-order valence-electron chi connectivity index (χ2n) is 3.38. The Kier molecular flexibility index (Phi) is 5.66. The van der Waals surface area contributed by atoms with Crippen LogP contribution in [0.3, 0.4) is 0 Å². The molecule has 0 aromatic rings. The standard InChI is InChI=1S/C7H16F3N3O2S/c1-6(3-4-11)13(2)16(14,15)12-5-7(8,9)10/h6,12H,3-5,11H2,1-2H3. The van der Waals surface area contributed by atoms with Crippen molar-refractivity contribution >= 4 is 10.2 Å². The first-order chi connectivity index (χ1) is 7.10. The molecule has 0 fully saturated rings. The van der Waals surface area contributed by atoms with Crippen molar-refractivity contribution in [3.63, 3.8) is 0 Å². The maximum Gasteiger partial charge on any atom is 0.402 e. The van der Waals surface area contributed by atoms with Crippen molar-refractivity contribution < 1.29 is 21.6 Å². The Hall–Kier alpha value is -0.380. The van der Waals surface area contributed by atoms with Crippen LogP contribution in [0.1, 0.15) is 13.3 Å². The van der Waals surface area contributed by atoms with Gasteiger partial charge >= 0.3 is 6.18 Å². The van der Waals surface area contributed by atoms with Crippen LogP contribution < -0.4 is 10.5 Å². The van der Waals surface area contributed by atoms with Crippen molar-refractivity contribution in [3.05, 3.63) is 0 Å². The molecule has 5 nitrogen and oxygen atoms in total. The summed E-state index contributed by atoms with van der Waals surface area (Å²) in [6, 6.07) is -0.448. The van der Waals surface area contributed by atoms with Crippen molar-refractivity contribution in [1.29, 1.82) is 0 Å². The molecule has 1 unspecified atom stereocenters. The Bertz CT molecular complexity index is 304. The molecule has 1 atom stereocenters. The summed E-state index contributed by atoms with van der Waals surface area (Å²) in [5, 5.41) is 0. The number of hydrogen-bond donors (Lipinski definition) is 2. The minimum atomic E-state index is -4.56. The van der Waals surface area contributed by atoms with Crippen LogP contribution >= 0.6 is 0 Å². The molecule has 3 N–H and O–H groups in total. The highest BCUT2D eigenvalue weighted by Gasteiger charge is 2.31. The molecule has 0 amide bonds. The third kappa shape index (κ3) is 5.64. The molecule has 0 aliphatic heterocycles. The largest absolute Gasteiger partial charge is 0.402 e. The number of nitrogens with two attached hydrogens (primary N) is 1.